The minimum Gasteiger partial charge on any atom is -0.504 e. The molecule has 0 amide bonds. The monoisotopic (exact) mass is 655 g/mol. The molecule has 0 saturated heterocycles. The Kier molecular flexibility index (Phi) is 14.5. The Bertz CT molecular complexity index is 1520. The average molecular weight is 656 g/mol. The van der Waals surface area contributed by atoms with Gasteiger partial charge in [-0.15, -0.1) is 0 Å². The molecular formula is C41H57N3O4. The number of unbranched alkanes of at least 4 members (excludes halogenated alkanes) is 10. The van der Waals surface area contributed by atoms with Gasteiger partial charge < -0.3 is 25.0 Å². The summed E-state index contributed by atoms with van der Waals surface area (Å²) < 4.78 is 11.7. The van der Waals surface area contributed by atoms with Crippen LogP contribution in [0.4, 0.5) is 0 Å². The van der Waals surface area contributed by atoms with Gasteiger partial charge in [0, 0.05) is 17.7 Å². The van der Waals surface area contributed by atoms with Gasteiger partial charge in [0.15, 0.2) is 23.0 Å². The molecule has 48 heavy (non-hydrogen) atoms. The van der Waals surface area contributed by atoms with Crippen LogP contribution < -0.4 is 10.1 Å². The molecule has 0 aliphatic carbocycles. The highest BCUT2D eigenvalue weighted by atomic mass is 16.5. The fraction of sp³-hybridized carbons (Fsp3) is 0.512. The summed E-state index contributed by atoms with van der Waals surface area (Å²) in [5.74, 6) is 0.800. The van der Waals surface area contributed by atoms with Crippen LogP contribution in [0.3, 0.4) is 0 Å². The number of nitrogens with zero attached hydrogens (tertiary/aromatic N) is 2. The second kappa shape index (κ2) is 18.8. The van der Waals surface area contributed by atoms with E-state index in [1.165, 1.54) is 63.4 Å². The van der Waals surface area contributed by atoms with E-state index >= 15 is 0 Å². The molecule has 0 bridgehead atoms. The standard InChI is InChI=1S/C41H57N3O4/c1-6-7-8-9-10-11-12-13-14-15-16-24-47-27-34(45)28-48-38-19-17-18-37(39(38)46)41(36-23-21-31(3)26-33(36)5)43-29-42-40(44-41)35-22-20-30(2)25-32(35)4/h17-23,25-26,29,34,45-46H,6-16,24,27-28H2,1-5H3,(H,42,43,44). The molecule has 3 aromatic rings. The highest BCUT2D eigenvalue weighted by Crippen LogP contribution is 2.43. The molecule has 260 valence electrons. The van der Waals surface area contributed by atoms with Crippen LogP contribution in [0.1, 0.15) is 116 Å². The van der Waals surface area contributed by atoms with Crippen molar-refractivity contribution in [1.29, 1.82) is 0 Å². The Balaban J connectivity index is 1.38. The zero-order valence-electron chi connectivity index (χ0n) is 29.9. The molecule has 3 N–H and O–H groups in total. The first-order chi connectivity index (χ1) is 23.2. The van der Waals surface area contributed by atoms with Crippen LogP contribution in [-0.4, -0.2) is 48.3 Å². The van der Waals surface area contributed by atoms with Gasteiger partial charge in [0.25, 0.3) is 0 Å². The minimum atomic E-state index is -1.16. The maximum Gasteiger partial charge on any atom is 0.188 e. The number of aliphatic hydroxyl groups excluding tert-OH is 1. The molecule has 2 atom stereocenters. The van der Waals surface area contributed by atoms with Gasteiger partial charge in [-0.05, 0) is 51.3 Å². The van der Waals surface area contributed by atoms with E-state index in [9.17, 15) is 10.2 Å². The highest BCUT2D eigenvalue weighted by Gasteiger charge is 2.40. The molecule has 7 nitrogen and oxygen atoms in total. The van der Waals surface area contributed by atoms with E-state index in [0.717, 1.165) is 40.7 Å². The molecule has 7 heteroatoms. The molecule has 4 rings (SSSR count). The first kappa shape index (κ1) is 37.1. The topological polar surface area (TPSA) is 95.7 Å². The fourth-order valence-corrected chi connectivity index (χ4v) is 6.49. The second-order valence-electron chi connectivity index (χ2n) is 13.4. The van der Waals surface area contributed by atoms with Crippen molar-refractivity contribution in [2.24, 2.45) is 9.98 Å². The van der Waals surface area contributed by atoms with Crippen molar-refractivity contribution in [3.05, 3.63) is 93.5 Å². The van der Waals surface area contributed by atoms with Gasteiger partial charge in [0.2, 0.25) is 0 Å². The predicted octanol–water partition coefficient (Wildman–Crippen LogP) is 8.97. The number of aromatic hydroxyl groups is 1. The maximum atomic E-state index is 11.7. The molecule has 0 saturated carbocycles. The fourth-order valence-electron chi connectivity index (χ4n) is 6.49. The Labute approximate surface area is 288 Å². The summed E-state index contributed by atoms with van der Waals surface area (Å²) in [7, 11) is 0. The van der Waals surface area contributed by atoms with Crippen molar-refractivity contribution < 1.29 is 19.7 Å². The number of amidine groups is 1. The van der Waals surface area contributed by atoms with E-state index in [1.54, 1.807) is 12.4 Å². The van der Waals surface area contributed by atoms with Crippen molar-refractivity contribution in [2.75, 3.05) is 19.8 Å². The van der Waals surface area contributed by atoms with Gasteiger partial charge >= 0.3 is 0 Å². The summed E-state index contributed by atoms with van der Waals surface area (Å²) in [6, 6.07) is 17.8. The van der Waals surface area contributed by atoms with Gasteiger partial charge in [0.05, 0.1) is 18.5 Å². The highest BCUT2D eigenvalue weighted by molar-refractivity contribution is 6.05. The van der Waals surface area contributed by atoms with Crippen molar-refractivity contribution >= 4 is 12.2 Å². The molecule has 1 aliphatic heterocycles. The number of para-hydroxylation sites is 1. The van der Waals surface area contributed by atoms with E-state index in [1.807, 2.05) is 37.3 Å². The summed E-state index contributed by atoms with van der Waals surface area (Å²) in [5, 5.41) is 25.7. The van der Waals surface area contributed by atoms with Gasteiger partial charge in [-0.25, -0.2) is 9.98 Å². The van der Waals surface area contributed by atoms with Crippen molar-refractivity contribution in [2.45, 2.75) is 117 Å². The van der Waals surface area contributed by atoms with Crippen LogP contribution in [0, 0.1) is 27.7 Å². The van der Waals surface area contributed by atoms with E-state index in [-0.39, 0.29) is 24.7 Å². The number of aryl methyl sites for hydroxylation is 4. The number of phenolic OH excluding ortho intramolecular Hbond substituents is 1. The normalized spacial score (nSPS) is 16.4. The molecule has 0 aromatic heterocycles. The van der Waals surface area contributed by atoms with Crippen LogP contribution in [0.5, 0.6) is 11.5 Å². The first-order valence-corrected chi connectivity index (χ1v) is 18.0. The lowest BCUT2D eigenvalue weighted by atomic mass is 9.86. The van der Waals surface area contributed by atoms with Crippen molar-refractivity contribution in [1.82, 2.24) is 5.32 Å². The summed E-state index contributed by atoms with van der Waals surface area (Å²) >= 11 is 0. The molecule has 2 unspecified atom stereocenters. The van der Waals surface area contributed by atoms with Crippen LogP contribution >= 0.6 is 0 Å². The molecule has 0 radical (unpaired) electrons. The van der Waals surface area contributed by atoms with Crippen LogP contribution in [-0.2, 0) is 10.4 Å². The van der Waals surface area contributed by atoms with Crippen molar-refractivity contribution in [3.8, 4) is 11.5 Å². The number of hydrogen-bond donors (Lipinski definition) is 3. The number of aliphatic imine (C=N–C) groups is 2. The molecule has 1 aliphatic rings. The Morgan fingerprint density at radius 1 is 0.750 bits per heavy atom. The summed E-state index contributed by atoms with van der Waals surface area (Å²) in [6.07, 6.45) is 15.0. The lowest BCUT2D eigenvalue weighted by molar-refractivity contribution is 0.0105. The van der Waals surface area contributed by atoms with E-state index in [2.05, 4.69) is 56.2 Å². The summed E-state index contributed by atoms with van der Waals surface area (Å²) in [4.78, 5) is 9.85. The van der Waals surface area contributed by atoms with Gasteiger partial charge in [0.1, 0.15) is 12.7 Å². The van der Waals surface area contributed by atoms with E-state index < -0.39 is 11.8 Å². The Morgan fingerprint density at radius 3 is 2.06 bits per heavy atom. The molecule has 1 heterocycles. The van der Waals surface area contributed by atoms with Crippen LogP contribution in [0.15, 0.2) is 64.6 Å². The number of rotatable bonds is 20. The largest absolute Gasteiger partial charge is 0.504 e. The first-order valence-electron chi connectivity index (χ1n) is 18.0. The van der Waals surface area contributed by atoms with Crippen molar-refractivity contribution in [3.63, 3.8) is 0 Å². The number of phenols is 1. The smallest absolute Gasteiger partial charge is 0.188 e. The summed E-state index contributed by atoms with van der Waals surface area (Å²) in [6.45, 7) is 11.3. The number of aliphatic hydroxyl groups is 1. The quantitative estimate of drug-likeness (QED) is 0.106. The lowest BCUT2D eigenvalue weighted by Crippen LogP contribution is -2.45. The number of benzene rings is 3. The average Bonchev–Trinajstić information content (AvgIpc) is 3.06. The zero-order chi connectivity index (χ0) is 34.4. The molecule has 0 fully saturated rings. The lowest BCUT2D eigenvalue weighted by Gasteiger charge is -2.35. The maximum absolute atomic E-state index is 11.7. The minimum absolute atomic E-state index is 0.00219. The number of hydrogen-bond acceptors (Lipinski definition) is 7. The van der Waals surface area contributed by atoms with Gasteiger partial charge in [-0.3, -0.25) is 0 Å². The third-order valence-electron chi connectivity index (χ3n) is 9.15. The molecule has 3 aromatic carbocycles. The summed E-state index contributed by atoms with van der Waals surface area (Å²) in [5.41, 5.74) is 5.59. The van der Waals surface area contributed by atoms with E-state index in [4.69, 9.17) is 14.5 Å². The molecule has 0 spiro atoms. The zero-order valence-corrected chi connectivity index (χ0v) is 29.9. The van der Waals surface area contributed by atoms with Crippen LogP contribution in [0.25, 0.3) is 0 Å². The van der Waals surface area contributed by atoms with Gasteiger partial charge in [-0.1, -0.05) is 131 Å². The SMILES string of the molecule is CCCCCCCCCCCCCOCC(O)COc1cccc(C2(c3ccc(C)cc3C)N=C(c3ccc(C)cc3C)N=CN2)c1O. The number of ether oxygens (including phenoxy) is 2. The number of nitrogens with one attached hydrogen (secondary N) is 1. The Hall–Kier alpha value is -3.68. The Morgan fingerprint density at radius 2 is 1.40 bits per heavy atom. The molecular weight excluding hydrogens is 598 g/mol. The van der Waals surface area contributed by atoms with Crippen LogP contribution in [0.2, 0.25) is 0 Å². The predicted molar refractivity (Wildman–Crippen MR) is 198 cm³/mol. The second-order valence-corrected chi connectivity index (χ2v) is 13.4. The third kappa shape index (κ3) is 10.2. The van der Waals surface area contributed by atoms with E-state index in [0.29, 0.717) is 18.0 Å². The van der Waals surface area contributed by atoms with Gasteiger partial charge in [-0.2, -0.15) is 0 Å². The third-order valence-corrected chi connectivity index (χ3v) is 9.15.